The van der Waals surface area contributed by atoms with E-state index in [4.69, 9.17) is 5.21 Å². The van der Waals surface area contributed by atoms with Crippen LogP contribution in [0.3, 0.4) is 0 Å². The van der Waals surface area contributed by atoms with E-state index in [-0.39, 0.29) is 5.91 Å². The predicted octanol–water partition coefficient (Wildman–Crippen LogP) is 1.74. The maximum Gasteiger partial charge on any atom is 0.239 e. The number of nitrogens with zero attached hydrogens (tertiary/aromatic N) is 2. The third-order valence-electron chi connectivity index (χ3n) is 3.79. The van der Waals surface area contributed by atoms with Crippen molar-refractivity contribution in [1.82, 2.24) is 5.32 Å². The molecule has 0 atom stereocenters. The van der Waals surface area contributed by atoms with Crippen molar-refractivity contribution in [3.63, 3.8) is 0 Å². The highest BCUT2D eigenvalue weighted by atomic mass is 16.4. The van der Waals surface area contributed by atoms with E-state index in [1.54, 1.807) is 0 Å². The Bertz CT molecular complexity index is 538. The molecule has 1 fully saturated rings. The lowest BCUT2D eigenvalue weighted by atomic mass is 10.1. The number of hydrogen-bond donors (Lipinski definition) is 2. The monoisotopic (exact) mass is 273 g/mol. The maximum atomic E-state index is 12.0. The molecule has 5 heteroatoms. The number of fused-ring (bicyclic) bond motifs is 1. The van der Waals surface area contributed by atoms with Crippen molar-refractivity contribution in [2.24, 2.45) is 5.16 Å². The van der Waals surface area contributed by atoms with Gasteiger partial charge in [-0.15, -0.1) is 0 Å². The molecule has 1 saturated carbocycles. The van der Waals surface area contributed by atoms with Crippen molar-refractivity contribution in [3.05, 3.63) is 29.8 Å². The van der Waals surface area contributed by atoms with E-state index in [1.807, 2.05) is 24.3 Å². The molecule has 0 saturated heterocycles. The fraction of sp³-hybridized carbons (Fsp3) is 0.467. The number of para-hydroxylation sites is 1. The molecule has 1 aromatic rings. The summed E-state index contributed by atoms with van der Waals surface area (Å²) >= 11 is 0. The normalized spacial score (nSPS) is 20.4. The SMILES string of the molecule is O=C(CN1CCC/C(=N/O)c2ccccc21)NC1CC1. The number of oxime groups is 1. The molecule has 1 amide bonds. The summed E-state index contributed by atoms with van der Waals surface area (Å²) < 4.78 is 0. The zero-order valence-electron chi connectivity index (χ0n) is 11.4. The van der Waals surface area contributed by atoms with Crippen molar-refractivity contribution in [3.8, 4) is 0 Å². The van der Waals surface area contributed by atoms with Gasteiger partial charge in [0.25, 0.3) is 0 Å². The second-order valence-corrected chi connectivity index (χ2v) is 5.43. The van der Waals surface area contributed by atoms with E-state index in [0.717, 1.165) is 43.5 Å². The lowest BCUT2D eigenvalue weighted by Crippen LogP contribution is -2.38. The Kier molecular flexibility index (Phi) is 3.58. The minimum Gasteiger partial charge on any atom is -0.411 e. The van der Waals surface area contributed by atoms with E-state index >= 15 is 0 Å². The van der Waals surface area contributed by atoms with E-state index in [1.165, 1.54) is 0 Å². The topological polar surface area (TPSA) is 64.9 Å². The number of carbonyl (C=O) groups is 1. The molecule has 0 unspecified atom stereocenters. The standard InChI is InChI=1S/C15H19N3O2/c19-15(16-11-7-8-11)10-18-9-3-5-13(17-20)12-4-1-2-6-14(12)18/h1-2,4,6,11,20H,3,5,7-10H2,(H,16,19)/b17-13-. The summed E-state index contributed by atoms with van der Waals surface area (Å²) in [5.41, 5.74) is 2.60. The molecule has 1 aliphatic heterocycles. The largest absolute Gasteiger partial charge is 0.411 e. The number of nitrogens with one attached hydrogen (secondary N) is 1. The van der Waals surface area contributed by atoms with E-state index < -0.39 is 0 Å². The van der Waals surface area contributed by atoms with E-state index in [0.29, 0.717) is 18.3 Å². The Morgan fingerprint density at radius 2 is 2.20 bits per heavy atom. The van der Waals surface area contributed by atoms with Crippen LogP contribution in [0.4, 0.5) is 5.69 Å². The van der Waals surface area contributed by atoms with E-state index in [9.17, 15) is 4.79 Å². The summed E-state index contributed by atoms with van der Waals surface area (Å²) in [6.07, 6.45) is 3.81. The number of carbonyl (C=O) groups excluding carboxylic acids is 1. The van der Waals surface area contributed by atoms with Gasteiger partial charge in [-0.2, -0.15) is 0 Å². The van der Waals surface area contributed by atoms with Crippen LogP contribution in [0, 0.1) is 0 Å². The summed E-state index contributed by atoms with van der Waals surface area (Å²) in [5.74, 6) is 0.0756. The summed E-state index contributed by atoms with van der Waals surface area (Å²) in [6, 6.07) is 8.19. The van der Waals surface area contributed by atoms with Crippen LogP contribution in [-0.2, 0) is 4.79 Å². The first-order valence-corrected chi connectivity index (χ1v) is 7.12. The predicted molar refractivity (Wildman–Crippen MR) is 77.4 cm³/mol. The number of hydrogen-bond acceptors (Lipinski definition) is 4. The molecule has 3 rings (SSSR count). The van der Waals surface area contributed by atoms with Crippen LogP contribution in [0.2, 0.25) is 0 Å². The van der Waals surface area contributed by atoms with Gasteiger partial charge in [0, 0.05) is 23.8 Å². The zero-order chi connectivity index (χ0) is 13.9. The number of benzene rings is 1. The van der Waals surface area contributed by atoms with Crippen LogP contribution in [0.1, 0.15) is 31.2 Å². The second kappa shape index (κ2) is 5.53. The minimum atomic E-state index is 0.0756. The highest BCUT2D eigenvalue weighted by molar-refractivity contribution is 6.05. The molecule has 2 N–H and O–H groups in total. The lowest BCUT2D eigenvalue weighted by molar-refractivity contribution is -0.119. The quantitative estimate of drug-likeness (QED) is 0.651. The fourth-order valence-corrected chi connectivity index (χ4v) is 2.63. The molecular formula is C15H19N3O2. The van der Waals surface area contributed by atoms with Gasteiger partial charge < -0.3 is 15.4 Å². The highest BCUT2D eigenvalue weighted by Gasteiger charge is 2.26. The Balaban J connectivity index is 1.81. The molecule has 2 aliphatic rings. The fourth-order valence-electron chi connectivity index (χ4n) is 2.63. The Hall–Kier alpha value is -2.04. The van der Waals surface area contributed by atoms with Crippen LogP contribution in [0.25, 0.3) is 0 Å². The third-order valence-corrected chi connectivity index (χ3v) is 3.79. The van der Waals surface area contributed by atoms with Crippen molar-refractivity contribution in [2.75, 3.05) is 18.0 Å². The molecule has 1 aromatic carbocycles. The lowest BCUT2D eigenvalue weighted by Gasteiger charge is -2.24. The maximum absolute atomic E-state index is 12.0. The Morgan fingerprint density at radius 1 is 1.40 bits per heavy atom. The van der Waals surface area contributed by atoms with Gasteiger partial charge >= 0.3 is 0 Å². The van der Waals surface area contributed by atoms with Gasteiger partial charge in [-0.25, -0.2) is 0 Å². The average molecular weight is 273 g/mol. The summed E-state index contributed by atoms with van der Waals surface area (Å²) in [4.78, 5) is 14.1. The Labute approximate surface area is 118 Å². The summed E-state index contributed by atoms with van der Waals surface area (Å²) in [7, 11) is 0. The van der Waals surface area contributed by atoms with Gasteiger partial charge in [-0.3, -0.25) is 4.79 Å². The Morgan fingerprint density at radius 3 is 2.95 bits per heavy atom. The van der Waals surface area contributed by atoms with E-state index in [2.05, 4.69) is 15.4 Å². The molecule has 0 bridgehead atoms. The number of amides is 1. The van der Waals surface area contributed by atoms with Crippen LogP contribution in [0.5, 0.6) is 0 Å². The molecule has 0 spiro atoms. The number of rotatable bonds is 3. The van der Waals surface area contributed by atoms with Crippen LogP contribution < -0.4 is 10.2 Å². The molecule has 0 radical (unpaired) electrons. The third kappa shape index (κ3) is 2.76. The first-order valence-electron chi connectivity index (χ1n) is 7.12. The molecule has 5 nitrogen and oxygen atoms in total. The van der Waals surface area contributed by atoms with Gasteiger partial charge in [-0.1, -0.05) is 23.4 Å². The molecular weight excluding hydrogens is 254 g/mol. The van der Waals surface area contributed by atoms with Crippen LogP contribution in [-0.4, -0.2) is 36.0 Å². The van der Waals surface area contributed by atoms with Gasteiger partial charge in [-0.05, 0) is 31.7 Å². The highest BCUT2D eigenvalue weighted by Crippen LogP contribution is 2.26. The van der Waals surface area contributed by atoms with Crippen LogP contribution >= 0.6 is 0 Å². The number of anilines is 1. The average Bonchev–Trinajstić information content (AvgIpc) is 3.27. The molecule has 1 aliphatic carbocycles. The van der Waals surface area contributed by atoms with Gasteiger partial charge in [0.15, 0.2) is 0 Å². The second-order valence-electron chi connectivity index (χ2n) is 5.43. The van der Waals surface area contributed by atoms with Gasteiger partial charge in [0.1, 0.15) is 0 Å². The van der Waals surface area contributed by atoms with Crippen molar-refractivity contribution in [1.29, 1.82) is 0 Å². The molecule has 20 heavy (non-hydrogen) atoms. The summed E-state index contributed by atoms with van der Waals surface area (Å²) in [6.45, 7) is 1.17. The molecule has 0 aromatic heterocycles. The minimum absolute atomic E-state index is 0.0756. The first-order chi connectivity index (χ1) is 9.78. The smallest absolute Gasteiger partial charge is 0.239 e. The summed E-state index contributed by atoms with van der Waals surface area (Å²) in [5, 5.41) is 15.6. The molecule has 1 heterocycles. The van der Waals surface area contributed by atoms with Crippen molar-refractivity contribution in [2.45, 2.75) is 31.7 Å². The van der Waals surface area contributed by atoms with Crippen molar-refractivity contribution < 1.29 is 10.0 Å². The first kappa shape index (κ1) is 13.0. The van der Waals surface area contributed by atoms with Gasteiger partial charge in [0.05, 0.1) is 12.3 Å². The van der Waals surface area contributed by atoms with Gasteiger partial charge in [0.2, 0.25) is 5.91 Å². The molecule has 106 valence electrons. The van der Waals surface area contributed by atoms with Crippen molar-refractivity contribution >= 4 is 17.3 Å². The zero-order valence-corrected chi connectivity index (χ0v) is 11.4. The van der Waals surface area contributed by atoms with Crippen LogP contribution in [0.15, 0.2) is 29.4 Å².